The van der Waals surface area contributed by atoms with E-state index >= 15 is 0 Å². The summed E-state index contributed by atoms with van der Waals surface area (Å²) in [7, 11) is 0. The number of nitrogens with one attached hydrogen (secondary N) is 1. The number of nitrogens with two attached hydrogens (primary N) is 2. The third kappa shape index (κ3) is 3.70. The van der Waals surface area contributed by atoms with Gasteiger partial charge in [-0.25, -0.2) is 19.2 Å². The zero-order valence-corrected chi connectivity index (χ0v) is 17.2. The number of benzene rings is 1. The van der Waals surface area contributed by atoms with Crippen LogP contribution in [0, 0.1) is 12.4 Å². The predicted molar refractivity (Wildman–Crippen MR) is 123 cm³/mol. The molecule has 9 heteroatoms. The van der Waals surface area contributed by atoms with Crippen LogP contribution >= 0.6 is 0 Å². The van der Waals surface area contributed by atoms with E-state index in [4.69, 9.17) is 18.0 Å². The summed E-state index contributed by atoms with van der Waals surface area (Å²) < 4.78 is 15.2. The van der Waals surface area contributed by atoms with Gasteiger partial charge in [-0.05, 0) is 35.7 Å². The second-order valence-electron chi connectivity index (χ2n) is 7.17. The molecule has 5 N–H and O–H groups in total. The van der Waals surface area contributed by atoms with Crippen molar-refractivity contribution in [3.8, 4) is 11.1 Å². The SMILES string of the molecule is [C-]#[N+]c1c(N)nc(N)nc1N[C@H](CC)c1cc2ccc(F)cn2c(=O)c1-c1ccccc1. The first-order valence-corrected chi connectivity index (χ1v) is 9.90. The Hall–Kier alpha value is -4.45. The quantitative estimate of drug-likeness (QED) is 0.410. The molecule has 160 valence electrons. The number of rotatable bonds is 5. The van der Waals surface area contributed by atoms with Gasteiger partial charge >= 0.3 is 0 Å². The molecule has 0 spiro atoms. The highest BCUT2D eigenvalue weighted by Crippen LogP contribution is 2.35. The lowest BCUT2D eigenvalue weighted by molar-refractivity contribution is 0.618. The fourth-order valence-electron chi connectivity index (χ4n) is 3.69. The highest BCUT2D eigenvalue weighted by Gasteiger charge is 2.22. The lowest BCUT2D eigenvalue weighted by atomic mass is 9.94. The Balaban J connectivity index is 1.96. The minimum Gasteiger partial charge on any atom is -0.392 e. The van der Waals surface area contributed by atoms with E-state index in [-0.39, 0.29) is 28.8 Å². The van der Waals surface area contributed by atoms with E-state index in [2.05, 4.69) is 20.1 Å². The van der Waals surface area contributed by atoms with Crippen molar-refractivity contribution < 1.29 is 4.39 Å². The van der Waals surface area contributed by atoms with E-state index in [1.165, 1.54) is 16.7 Å². The topological polar surface area (TPSA) is 116 Å². The molecule has 4 aromatic rings. The van der Waals surface area contributed by atoms with Gasteiger partial charge in [0.2, 0.25) is 5.95 Å². The maximum atomic E-state index is 13.9. The number of hydrogen-bond acceptors (Lipinski definition) is 6. The monoisotopic (exact) mass is 429 g/mol. The number of fused-ring (bicyclic) bond motifs is 1. The average molecular weight is 429 g/mol. The number of aromatic nitrogens is 3. The van der Waals surface area contributed by atoms with E-state index in [1.54, 1.807) is 6.07 Å². The normalized spacial score (nSPS) is 11.8. The molecule has 1 aromatic carbocycles. The van der Waals surface area contributed by atoms with Crippen molar-refractivity contribution in [2.75, 3.05) is 16.8 Å². The molecule has 0 bridgehead atoms. The fraction of sp³-hybridized carbons (Fsp3) is 0.130. The second-order valence-corrected chi connectivity index (χ2v) is 7.17. The molecule has 8 nitrogen and oxygen atoms in total. The smallest absolute Gasteiger partial charge is 0.268 e. The van der Waals surface area contributed by atoms with E-state index in [0.717, 1.165) is 0 Å². The van der Waals surface area contributed by atoms with Gasteiger partial charge in [0.15, 0.2) is 0 Å². The summed E-state index contributed by atoms with van der Waals surface area (Å²) in [6.45, 7) is 9.37. The third-order valence-electron chi connectivity index (χ3n) is 5.17. The Morgan fingerprint density at radius 3 is 2.62 bits per heavy atom. The minimum atomic E-state index is -0.509. The summed E-state index contributed by atoms with van der Waals surface area (Å²) in [5.41, 5.74) is 13.6. The number of halogens is 1. The second kappa shape index (κ2) is 8.35. The third-order valence-corrected chi connectivity index (χ3v) is 5.17. The molecule has 0 saturated heterocycles. The van der Waals surface area contributed by atoms with E-state index in [1.807, 2.05) is 43.3 Å². The van der Waals surface area contributed by atoms with Crippen LogP contribution in [0.4, 0.5) is 27.7 Å². The fourth-order valence-corrected chi connectivity index (χ4v) is 3.69. The molecule has 4 rings (SSSR count). The molecule has 0 fully saturated rings. The van der Waals surface area contributed by atoms with Crippen molar-refractivity contribution in [3.63, 3.8) is 0 Å². The van der Waals surface area contributed by atoms with E-state index < -0.39 is 11.9 Å². The van der Waals surface area contributed by atoms with Crippen LogP contribution in [-0.4, -0.2) is 14.4 Å². The summed E-state index contributed by atoms with van der Waals surface area (Å²) in [5.74, 6) is -0.410. The van der Waals surface area contributed by atoms with Crippen LogP contribution in [0.5, 0.6) is 0 Å². The average Bonchev–Trinajstić information content (AvgIpc) is 2.78. The lowest BCUT2D eigenvalue weighted by Gasteiger charge is -2.23. The minimum absolute atomic E-state index is 0.0257. The van der Waals surface area contributed by atoms with Crippen molar-refractivity contribution in [2.45, 2.75) is 19.4 Å². The highest BCUT2D eigenvalue weighted by atomic mass is 19.1. The Morgan fingerprint density at radius 1 is 1.19 bits per heavy atom. The maximum Gasteiger partial charge on any atom is 0.268 e. The molecule has 0 radical (unpaired) electrons. The van der Waals surface area contributed by atoms with Crippen molar-refractivity contribution >= 4 is 28.8 Å². The molecule has 1 atom stereocenters. The van der Waals surface area contributed by atoms with Crippen LogP contribution in [0.2, 0.25) is 0 Å². The number of nitrogens with zero attached hydrogens (tertiary/aromatic N) is 4. The van der Waals surface area contributed by atoms with Crippen molar-refractivity contribution in [1.82, 2.24) is 14.4 Å². The van der Waals surface area contributed by atoms with E-state index in [0.29, 0.717) is 28.6 Å². The summed E-state index contributed by atoms with van der Waals surface area (Å²) in [5, 5.41) is 3.21. The Kier molecular flexibility index (Phi) is 5.43. The highest BCUT2D eigenvalue weighted by molar-refractivity contribution is 5.79. The molecule has 0 aliphatic carbocycles. The summed E-state index contributed by atoms with van der Waals surface area (Å²) >= 11 is 0. The van der Waals surface area contributed by atoms with Crippen LogP contribution in [-0.2, 0) is 0 Å². The van der Waals surface area contributed by atoms with Crippen LogP contribution < -0.4 is 22.3 Å². The van der Waals surface area contributed by atoms with Crippen LogP contribution in [0.1, 0.15) is 24.9 Å². The van der Waals surface area contributed by atoms with Crippen LogP contribution in [0.15, 0.2) is 59.5 Å². The molecule has 0 saturated carbocycles. The molecule has 3 heterocycles. The number of nitrogen functional groups attached to an aromatic ring is 2. The van der Waals surface area contributed by atoms with Gasteiger partial charge in [-0.3, -0.25) is 9.20 Å². The first kappa shape index (κ1) is 20.8. The zero-order chi connectivity index (χ0) is 22.8. The molecule has 32 heavy (non-hydrogen) atoms. The molecular weight excluding hydrogens is 409 g/mol. The van der Waals surface area contributed by atoms with Gasteiger partial charge in [-0.15, -0.1) is 0 Å². The van der Waals surface area contributed by atoms with Crippen molar-refractivity contribution in [3.05, 3.63) is 87.9 Å². The maximum absolute atomic E-state index is 13.9. The molecule has 0 unspecified atom stereocenters. The molecule has 0 amide bonds. The summed E-state index contributed by atoms with van der Waals surface area (Å²) in [4.78, 5) is 24.9. The van der Waals surface area contributed by atoms with Gasteiger partial charge in [-0.2, -0.15) is 0 Å². The summed E-state index contributed by atoms with van der Waals surface area (Å²) in [6.07, 6.45) is 1.73. The first-order valence-electron chi connectivity index (χ1n) is 9.90. The van der Waals surface area contributed by atoms with Gasteiger partial charge in [0.1, 0.15) is 17.5 Å². The van der Waals surface area contributed by atoms with Crippen LogP contribution in [0.25, 0.3) is 21.5 Å². The lowest BCUT2D eigenvalue weighted by Crippen LogP contribution is -2.22. The molecule has 3 aromatic heterocycles. The number of anilines is 3. The molecule has 0 aliphatic rings. The predicted octanol–water partition coefficient (Wildman–Crippen LogP) is 4.17. The standard InChI is InChI=1S/C23H20FN7O/c1-3-17(28-21-19(27-2)20(25)29-23(26)30-21)16-11-15-10-9-14(24)12-31(15)22(32)18(16)13-7-5-4-6-8-13/h4-12,17H,3H2,1H3,(H5,25,26,28,29,30)/t17-/m1/s1. The van der Waals surface area contributed by atoms with Crippen molar-refractivity contribution in [2.24, 2.45) is 0 Å². The van der Waals surface area contributed by atoms with Gasteiger partial charge in [-0.1, -0.05) is 37.3 Å². The number of hydrogen-bond donors (Lipinski definition) is 3. The molecular formula is C23H20FN7O. The van der Waals surface area contributed by atoms with Gasteiger partial charge < -0.3 is 16.8 Å². The van der Waals surface area contributed by atoms with Crippen molar-refractivity contribution in [1.29, 1.82) is 0 Å². The molecule has 0 aliphatic heterocycles. The van der Waals surface area contributed by atoms with Crippen LogP contribution in [0.3, 0.4) is 0 Å². The Labute approximate surface area is 183 Å². The van der Waals surface area contributed by atoms with E-state index in [9.17, 15) is 9.18 Å². The Morgan fingerprint density at radius 2 is 1.94 bits per heavy atom. The largest absolute Gasteiger partial charge is 0.392 e. The number of pyridine rings is 2. The van der Waals surface area contributed by atoms with Gasteiger partial charge in [0, 0.05) is 11.7 Å². The first-order chi connectivity index (χ1) is 15.4. The summed E-state index contributed by atoms with van der Waals surface area (Å²) in [6, 6.07) is 13.4. The Bertz CT molecular complexity index is 1410. The van der Waals surface area contributed by atoms with Gasteiger partial charge in [0.25, 0.3) is 11.2 Å². The van der Waals surface area contributed by atoms with Gasteiger partial charge in [0.05, 0.1) is 18.2 Å². The zero-order valence-electron chi connectivity index (χ0n) is 17.2.